The molecule has 15 heavy (non-hydrogen) atoms. The molecule has 1 aromatic carbocycles. The Morgan fingerprint density at radius 2 is 2.07 bits per heavy atom. The summed E-state index contributed by atoms with van der Waals surface area (Å²) in [6, 6.07) is 2.88. The third kappa shape index (κ3) is 1.83. The van der Waals surface area contributed by atoms with Gasteiger partial charge in [-0.1, -0.05) is 19.9 Å². The van der Waals surface area contributed by atoms with E-state index in [-0.39, 0.29) is 0 Å². The fourth-order valence-electron chi connectivity index (χ4n) is 2.01. The van der Waals surface area contributed by atoms with Crippen LogP contribution in [0.1, 0.15) is 19.4 Å². The lowest BCUT2D eigenvalue weighted by atomic mass is 9.86. The van der Waals surface area contributed by atoms with E-state index in [1.807, 2.05) is 0 Å². The van der Waals surface area contributed by atoms with Gasteiger partial charge in [0.15, 0.2) is 11.6 Å². The van der Waals surface area contributed by atoms with Gasteiger partial charge in [-0.25, -0.2) is 8.78 Å². The van der Waals surface area contributed by atoms with Crippen LogP contribution in [0.4, 0.5) is 14.5 Å². The first kappa shape index (κ1) is 10.4. The molecule has 2 rings (SSSR count). The third-order valence-electron chi connectivity index (χ3n) is 3.15. The summed E-state index contributed by atoms with van der Waals surface area (Å²) >= 11 is 0. The van der Waals surface area contributed by atoms with Crippen LogP contribution in [0.5, 0.6) is 0 Å². The van der Waals surface area contributed by atoms with Gasteiger partial charge in [-0.2, -0.15) is 0 Å². The molecule has 3 heteroatoms. The summed E-state index contributed by atoms with van der Waals surface area (Å²) in [7, 11) is 0. The highest BCUT2D eigenvalue weighted by atomic mass is 19.2. The summed E-state index contributed by atoms with van der Waals surface area (Å²) in [6.45, 7) is 5.03. The maximum Gasteiger partial charge on any atom is 0.182 e. The molecule has 0 spiro atoms. The van der Waals surface area contributed by atoms with Crippen molar-refractivity contribution >= 4 is 5.69 Å². The van der Waals surface area contributed by atoms with E-state index in [0.29, 0.717) is 17.5 Å². The Morgan fingerprint density at radius 1 is 1.33 bits per heavy atom. The predicted molar refractivity (Wildman–Crippen MR) is 56.9 cm³/mol. The molecule has 0 fully saturated rings. The van der Waals surface area contributed by atoms with Gasteiger partial charge in [-0.3, -0.25) is 0 Å². The van der Waals surface area contributed by atoms with Crippen LogP contribution < -0.4 is 5.32 Å². The van der Waals surface area contributed by atoms with Gasteiger partial charge >= 0.3 is 0 Å². The second kappa shape index (κ2) is 3.80. The van der Waals surface area contributed by atoms with Crippen LogP contribution in [0.2, 0.25) is 0 Å². The highest BCUT2D eigenvalue weighted by Gasteiger charge is 2.24. The van der Waals surface area contributed by atoms with E-state index in [2.05, 4.69) is 19.2 Å². The number of nitrogens with one attached hydrogen (secondary N) is 1. The Morgan fingerprint density at radius 3 is 2.73 bits per heavy atom. The normalized spacial score (nSPS) is 19.9. The maximum absolute atomic E-state index is 13.4. The zero-order chi connectivity index (χ0) is 11.0. The van der Waals surface area contributed by atoms with E-state index in [9.17, 15) is 8.78 Å². The molecule has 0 saturated carbocycles. The van der Waals surface area contributed by atoms with Crippen molar-refractivity contribution in [2.24, 2.45) is 11.8 Å². The molecule has 1 nitrogen and oxygen atoms in total. The third-order valence-corrected chi connectivity index (χ3v) is 3.15. The molecule has 1 heterocycles. The summed E-state index contributed by atoms with van der Waals surface area (Å²) in [4.78, 5) is 0. The molecule has 1 aliphatic heterocycles. The van der Waals surface area contributed by atoms with Crippen molar-refractivity contribution in [1.82, 2.24) is 0 Å². The summed E-state index contributed by atoms with van der Waals surface area (Å²) in [5.74, 6) is -0.458. The lowest BCUT2D eigenvalue weighted by Crippen LogP contribution is -2.27. The van der Waals surface area contributed by atoms with Gasteiger partial charge in [0, 0.05) is 6.54 Å². The molecule has 0 bridgehead atoms. The van der Waals surface area contributed by atoms with E-state index >= 15 is 0 Å². The molecule has 1 atom stereocenters. The molecule has 1 unspecified atom stereocenters. The summed E-state index contributed by atoms with van der Waals surface area (Å²) in [5.41, 5.74) is 1.24. The molecule has 82 valence electrons. The van der Waals surface area contributed by atoms with Crippen LogP contribution in [-0.4, -0.2) is 6.54 Å². The Kier molecular flexibility index (Phi) is 2.63. The van der Waals surface area contributed by atoms with Crippen molar-refractivity contribution in [3.8, 4) is 0 Å². The van der Waals surface area contributed by atoms with Gasteiger partial charge in [0.2, 0.25) is 0 Å². The topological polar surface area (TPSA) is 12.0 Å². The summed E-state index contributed by atoms with van der Waals surface area (Å²) in [6.07, 6.45) is 0.831. The first-order chi connectivity index (χ1) is 7.09. The number of hydrogen-bond acceptors (Lipinski definition) is 1. The first-order valence-corrected chi connectivity index (χ1v) is 5.30. The largest absolute Gasteiger partial charge is 0.382 e. The second-order valence-electron chi connectivity index (χ2n) is 4.48. The van der Waals surface area contributed by atoms with E-state index in [1.165, 1.54) is 6.07 Å². The van der Waals surface area contributed by atoms with Gasteiger partial charge in [0.1, 0.15) is 0 Å². The predicted octanol–water partition coefficient (Wildman–Crippen LogP) is 3.21. The maximum atomic E-state index is 13.4. The van der Waals surface area contributed by atoms with Gasteiger partial charge < -0.3 is 5.32 Å². The molecule has 0 saturated heterocycles. The Hall–Kier alpha value is -1.12. The Balaban J connectivity index is 2.32. The lowest BCUT2D eigenvalue weighted by molar-refractivity contribution is 0.389. The van der Waals surface area contributed by atoms with Crippen LogP contribution in [-0.2, 0) is 6.42 Å². The van der Waals surface area contributed by atoms with E-state index < -0.39 is 11.6 Å². The minimum absolute atomic E-state index is 0.354. The smallest absolute Gasteiger partial charge is 0.182 e. The zero-order valence-electron chi connectivity index (χ0n) is 8.98. The van der Waals surface area contributed by atoms with Gasteiger partial charge in [0.05, 0.1) is 5.69 Å². The fourth-order valence-corrected chi connectivity index (χ4v) is 2.01. The van der Waals surface area contributed by atoms with Crippen LogP contribution >= 0.6 is 0 Å². The molecule has 0 amide bonds. The van der Waals surface area contributed by atoms with Crippen molar-refractivity contribution in [1.29, 1.82) is 0 Å². The summed E-state index contributed by atoms with van der Waals surface area (Å²) < 4.78 is 26.3. The SMILES string of the molecule is CC(C)C1CNc2c(ccc(F)c2F)C1. The van der Waals surface area contributed by atoms with Crippen molar-refractivity contribution in [3.63, 3.8) is 0 Å². The van der Waals surface area contributed by atoms with Gasteiger partial charge in [0.25, 0.3) is 0 Å². The average molecular weight is 211 g/mol. The molecular formula is C12H15F2N. The van der Waals surface area contributed by atoms with Crippen molar-refractivity contribution in [2.75, 3.05) is 11.9 Å². The van der Waals surface area contributed by atoms with Gasteiger partial charge in [-0.05, 0) is 29.9 Å². The molecule has 1 aromatic rings. The standard InChI is InChI=1S/C12H15F2N/c1-7(2)9-5-8-3-4-10(13)11(14)12(8)15-6-9/h3-4,7,9,15H,5-6H2,1-2H3. The fraction of sp³-hybridized carbons (Fsp3) is 0.500. The Labute approximate surface area is 88.5 Å². The molecule has 0 aliphatic carbocycles. The number of anilines is 1. The van der Waals surface area contributed by atoms with Gasteiger partial charge in [-0.15, -0.1) is 0 Å². The quantitative estimate of drug-likeness (QED) is 0.752. The highest BCUT2D eigenvalue weighted by Crippen LogP contribution is 2.31. The Bertz CT molecular complexity index is 374. The summed E-state index contributed by atoms with van der Waals surface area (Å²) in [5, 5.41) is 2.99. The molecular weight excluding hydrogens is 196 g/mol. The van der Waals surface area contributed by atoms with E-state index in [1.54, 1.807) is 6.07 Å². The zero-order valence-corrected chi connectivity index (χ0v) is 8.98. The van der Waals surface area contributed by atoms with Crippen LogP contribution in [0.3, 0.4) is 0 Å². The number of fused-ring (bicyclic) bond motifs is 1. The number of halogens is 2. The molecule has 0 aromatic heterocycles. The monoisotopic (exact) mass is 211 g/mol. The number of benzene rings is 1. The lowest BCUT2D eigenvalue weighted by Gasteiger charge is -2.29. The first-order valence-electron chi connectivity index (χ1n) is 5.30. The average Bonchev–Trinajstić information content (AvgIpc) is 2.23. The minimum atomic E-state index is -0.774. The van der Waals surface area contributed by atoms with E-state index in [4.69, 9.17) is 0 Å². The number of hydrogen-bond donors (Lipinski definition) is 1. The molecule has 0 radical (unpaired) electrons. The van der Waals surface area contributed by atoms with E-state index in [0.717, 1.165) is 18.5 Å². The second-order valence-corrected chi connectivity index (χ2v) is 4.48. The highest BCUT2D eigenvalue weighted by molar-refractivity contribution is 5.54. The van der Waals surface area contributed by atoms with Crippen LogP contribution in [0, 0.1) is 23.5 Å². The van der Waals surface area contributed by atoms with Crippen molar-refractivity contribution in [3.05, 3.63) is 29.3 Å². The van der Waals surface area contributed by atoms with Crippen LogP contribution in [0.15, 0.2) is 12.1 Å². The van der Waals surface area contributed by atoms with Crippen molar-refractivity contribution in [2.45, 2.75) is 20.3 Å². The minimum Gasteiger partial charge on any atom is -0.382 e. The number of rotatable bonds is 1. The van der Waals surface area contributed by atoms with Crippen LogP contribution in [0.25, 0.3) is 0 Å². The van der Waals surface area contributed by atoms with Crippen molar-refractivity contribution < 1.29 is 8.78 Å². The molecule has 1 aliphatic rings. The molecule has 1 N–H and O–H groups in total.